The molecule has 1 fully saturated rings. The Labute approximate surface area is 216 Å². The molecule has 1 aliphatic heterocycles. The van der Waals surface area contributed by atoms with Gasteiger partial charge in [-0.25, -0.2) is 18.1 Å². The zero-order chi connectivity index (χ0) is 28.3. The van der Waals surface area contributed by atoms with Crippen LogP contribution in [0, 0.1) is 11.7 Å². The van der Waals surface area contributed by atoms with Crippen molar-refractivity contribution < 1.29 is 46.9 Å². The third kappa shape index (κ3) is 6.56. The number of benzene rings is 1. The van der Waals surface area contributed by atoms with Crippen molar-refractivity contribution >= 4 is 19.4 Å². The lowest BCUT2D eigenvalue weighted by Gasteiger charge is -2.28. The molecule has 6 atom stereocenters. The van der Waals surface area contributed by atoms with E-state index in [0.29, 0.717) is 10.8 Å². The Bertz CT molecular complexity index is 1230. The lowest BCUT2D eigenvalue weighted by atomic mass is 9.95. The van der Waals surface area contributed by atoms with Crippen LogP contribution in [0.1, 0.15) is 27.0 Å². The van der Waals surface area contributed by atoms with Crippen LogP contribution in [0.25, 0.3) is 0 Å². The fraction of sp³-hybridized carbons (Fsp3) is 0.522. The Kier molecular flexibility index (Phi) is 9.26. The molecular weight excluding hydrogens is 531 g/mol. The monoisotopic (exact) mass is 561 g/mol. The van der Waals surface area contributed by atoms with Gasteiger partial charge in [-0.3, -0.25) is 13.9 Å². The topological polar surface area (TPSA) is 172 Å². The predicted molar refractivity (Wildman–Crippen MR) is 130 cm³/mol. The highest BCUT2D eigenvalue weighted by atomic mass is 31.2. The highest BCUT2D eigenvalue weighted by molar-refractivity contribution is 7.54. The molecule has 4 N–H and O–H groups in total. The maximum absolute atomic E-state index is 14.0. The number of anilines is 1. The first-order valence-electron chi connectivity index (χ1n) is 11.6. The second-order valence-corrected chi connectivity index (χ2v) is 11.2. The Morgan fingerprint density at radius 2 is 1.97 bits per heavy atom. The number of esters is 1. The van der Waals surface area contributed by atoms with Crippen LogP contribution >= 0.6 is 7.60 Å². The molecule has 0 saturated carbocycles. The summed E-state index contributed by atoms with van der Waals surface area (Å²) in [7, 11) is -4.16. The third-order valence-electron chi connectivity index (χ3n) is 5.67. The summed E-state index contributed by atoms with van der Waals surface area (Å²) in [6.45, 7) is 2.43. The molecule has 15 heteroatoms. The van der Waals surface area contributed by atoms with E-state index < -0.39 is 86.4 Å². The van der Waals surface area contributed by atoms with E-state index in [1.807, 2.05) is 0 Å². The van der Waals surface area contributed by atoms with Gasteiger partial charge in [-0.1, -0.05) is 25.1 Å². The lowest BCUT2D eigenvalue weighted by molar-refractivity contribution is -0.151. The fourth-order valence-corrected chi connectivity index (χ4v) is 5.61. The number of nitrogens with zero attached hydrogens (tertiary/aromatic N) is 2. The maximum atomic E-state index is 14.0. The average Bonchev–Trinajstić information content (AvgIpc) is 3.10. The van der Waals surface area contributed by atoms with E-state index in [1.165, 1.54) is 19.1 Å². The van der Waals surface area contributed by atoms with Gasteiger partial charge in [-0.05, 0) is 26.0 Å². The molecule has 1 saturated heterocycles. The Morgan fingerprint density at radius 1 is 1.32 bits per heavy atom. The number of nitrogen functional groups attached to an aromatic ring is 1. The minimum absolute atomic E-state index is 0.154. The lowest BCUT2D eigenvalue weighted by Crippen LogP contribution is -2.50. The van der Waals surface area contributed by atoms with Crippen LogP contribution in [0.3, 0.4) is 0 Å². The molecule has 0 amide bonds. The number of hydrogen-bond acceptors (Lipinski definition) is 11. The minimum atomic E-state index is -4.16. The standard InChI is InChI=1S/C23H30F2N3O9P/c1-13(2)35-20(30)14(3)11-38(33,37-15-7-5-4-6-8-15)34-10-17-18(29)23(32,12-24)21(36-17)28-9-16(25)19(26)27-22(28)31/h4-9,13-14,17-18,21,29,32H,10-12H2,1-3H3,(H2,26,27,31)/t14-,17-,18+,21-,23?,38+/m1/s1. The van der Waals surface area contributed by atoms with Crippen LogP contribution in [0.5, 0.6) is 5.75 Å². The normalized spacial score (nSPS) is 25.6. The quantitative estimate of drug-likeness (QED) is 0.270. The van der Waals surface area contributed by atoms with Crippen LogP contribution in [0.2, 0.25) is 0 Å². The molecular formula is C23H30F2N3O9P. The zero-order valence-corrected chi connectivity index (χ0v) is 21.8. The number of carbonyl (C=O) groups excluding carboxylic acids is 1. The number of carbonyl (C=O) groups is 1. The summed E-state index contributed by atoms with van der Waals surface area (Å²) in [5.74, 6) is -3.30. The molecule has 1 aromatic heterocycles. The molecule has 38 heavy (non-hydrogen) atoms. The molecule has 1 unspecified atom stereocenters. The van der Waals surface area contributed by atoms with E-state index >= 15 is 0 Å². The van der Waals surface area contributed by atoms with Gasteiger partial charge in [-0.2, -0.15) is 4.98 Å². The number of hydrogen-bond donors (Lipinski definition) is 3. The number of para-hydroxylation sites is 1. The highest BCUT2D eigenvalue weighted by Crippen LogP contribution is 2.51. The van der Waals surface area contributed by atoms with Crippen molar-refractivity contribution in [2.24, 2.45) is 5.92 Å². The molecule has 12 nitrogen and oxygen atoms in total. The number of halogens is 2. The van der Waals surface area contributed by atoms with Crippen molar-refractivity contribution in [1.82, 2.24) is 9.55 Å². The molecule has 0 spiro atoms. The van der Waals surface area contributed by atoms with E-state index in [-0.39, 0.29) is 5.75 Å². The number of aliphatic hydroxyl groups is 2. The SMILES string of the molecule is CC(C)OC(=O)[C@H](C)C[P@](=O)(OC[C@H]1O[C@@H](n2cc(F)c(N)nc2=O)C(O)(CF)[C@H]1O)Oc1ccccc1. The molecule has 1 aliphatic rings. The number of alkyl halides is 1. The maximum Gasteiger partial charge on any atom is 0.380 e. The van der Waals surface area contributed by atoms with Gasteiger partial charge in [0.2, 0.25) is 0 Å². The predicted octanol–water partition coefficient (Wildman–Crippen LogP) is 1.80. The molecule has 0 aliphatic carbocycles. The first-order chi connectivity index (χ1) is 17.8. The molecule has 3 rings (SSSR count). The van der Waals surface area contributed by atoms with Gasteiger partial charge in [0.1, 0.15) is 24.6 Å². The first-order valence-corrected chi connectivity index (χ1v) is 13.4. The second-order valence-electron chi connectivity index (χ2n) is 9.14. The van der Waals surface area contributed by atoms with Crippen LogP contribution in [0.4, 0.5) is 14.6 Å². The number of rotatable bonds is 11. The van der Waals surface area contributed by atoms with Crippen LogP contribution < -0.4 is 15.9 Å². The number of aromatic nitrogens is 2. The van der Waals surface area contributed by atoms with Gasteiger partial charge in [0.15, 0.2) is 23.5 Å². The molecule has 2 aromatic rings. The fourth-order valence-electron chi connectivity index (χ4n) is 3.74. The van der Waals surface area contributed by atoms with E-state index in [4.69, 9.17) is 24.3 Å². The largest absolute Gasteiger partial charge is 0.463 e. The zero-order valence-electron chi connectivity index (χ0n) is 20.9. The van der Waals surface area contributed by atoms with Crippen molar-refractivity contribution in [3.63, 3.8) is 0 Å². The molecule has 2 heterocycles. The summed E-state index contributed by atoms with van der Waals surface area (Å²) in [5, 5.41) is 21.5. The summed E-state index contributed by atoms with van der Waals surface area (Å²) in [5.41, 5.74) is 1.37. The van der Waals surface area contributed by atoms with Gasteiger partial charge in [0, 0.05) is 0 Å². The number of nitrogens with two attached hydrogens (primary N) is 1. The second kappa shape index (κ2) is 11.9. The Morgan fingerprint density at radius 3 is 2.58 bits per heavy atom. The summed E-state index contributed by atoms with van der Waals surface area (Å²) in [4.78, 5) is 27.8. The van der Waals surface area contributed by atoms with Crippen LogP contribution in [-0.4, -0.2) is 69.1 Å². The summed E-state index contributed by atoms with van der Waals surface area (Å²) < 4.78 is 63.8. The summed E-state index contributed by atoms with van der Waals surface area (Å²) >= 11 is 0. The van der Waals surface area contributed by atoms with Crippen molar-refractivity contribution in [2.75, 3.05) is 25.2 Å². The van der Waals surface area contributed by atoms with Crippen LogP contribution in [-0.2, 0) is 23.4 Å². The van der Waals surface area contributed by atoms with Crippen LogP contribution in [0.15, 0.2) is 41.3 Å². The van der Waals surface area contributed by atoms with Gasteiger partial charge >= 0.3 is 19.3 Å². The van der Waals surface area contributed by atoms with Gasteiger partial charge < -0.3 is 29.9 Å². The van der Waals surface area contributed by atoms with E-state index in [9.17, 15) is 33.1 Å². The summed E-state index contributed by atoms with van der Waals surface area (Å²) in [6.07, 6.45) is -5.80. The molecule has 0 radical (unpaired) electrons. The minimum Gasteiger partial charge on any atom is -0.463 e. The van der Waals surface area contributed by atoms with Crippen molar-refractivity contribution in [1.29, 1.82) is 0 Å². The highest BCUT2D eigenvalue weighted by Gasteiger charge is 2.57. The first kappa shape index (κ1) is 29.7. The number of ether oxygens (including phenoxy) is 2. The van der Waals surface area contributed by atoms with Crippen molar-refractivity contribution in [3.8, 4) is 5.75 Å². The van der Waals surface area contributed by atoms with Gasteiger partial charge in [0.25, 0.3) is 0 Å². The van der Waals surface area contributed by atoms with E-state index in [1.54, 1.807) is 32.0 Å². The average molecular weight is 561 g/mol. The summed E-state index contributed by atoms with van der Waals surface area (Å²) in [6, 6.07) is 7.92. The van der Waals surface area contributed by atoms with E-state index in [0.717, 1.165) is 0 Å². The van der Waals surface area contributed by atoms with Crippen molar-refractivity contribution in [2.45, 2.75) is 50.9 Å². The smallest absolute Gasteiger partial charge is 0.380 e. The third-order valence-corrected chi connectivity index (χ3v) is 7.70. The van der Waals surface area contributed by atoms with Gasteiger partial charge in [-0.15, -0.1) is 0 Å². The Hall–Kier alpha value is -2.90. The number of aliphatic hydroxyl groups excluding tert-OH is 1. The Balaban J connectivity index is 1.84. The molecule has 210 valence electrons. The van der Waals surface area contributed by atoms with E-state index in [2.05, 4.69) is 4.98 Å². The molecule has 0 bridgehead atoms. The van der Waals surface area contributed by atoms with Gasteiger partial charge in [0.05, 0.1) is 31.0 Å². The van der Waals surface area contributed by atoms with Crippen molar-refractivity contribution in [3.05, 3.63) is 52.8 Å². The molecule has 1 aromatic carbocycles.